The molecule has 1 aliphatic heterocycles. The largest absolute Gasteiger partial charge is 0.362 e. The normalized spacial score (nSPS) is 14.5. The van der Waals surface area contributed by atoms with E-state index in [-0.39, 0.29) is 16.5 Å². The highest BCUT2D eigenvalue weighted by atomic mass is 79.9. The summed E-state index contributed by atoms with van der Waals surface area (Å²) in [6.45, 7) is 2.07. The van der Waals surface area contributed by atoms with E-state index in [9.17, 15) is 14.9 Å². The lowest BCUT2D eigenvalue weighted by Crippen LogP contribution is -2.49. The summed E-state index contributed by atoms with van der Waals surface area (Å²) in [4.78, 5) is 27.1. The van der Waals surface area contributed by atoms with Crippen LogP contribution in [0.2, 0.25) is 5.02 Å². The summed E-state index contributed by atoms with van der Waals surface area (Å²) < 4.78 is 0.665. The van der Waals surface area contributed by atoms with Gasteiger partial charge in [0.2, 0.25) is 0 Å². The topological polar surface area (TPSA) is 66.7 Å². The summed E-state index contributed by atoms with van der Waals surface area (Å²) in [6.07, 6.45) is 0. The van der Waals surface area contributed by atoms with E-state index in [1.165, 1.54) is 6.07 Å². The van der Waals surface area contributed by atoms with Crippen molar-refractivity contribution < 1.29 is 9.72 Å². The second-order valence-corrected chi connectivity index (χ2v) is 7.03. The number of rotatable bonds is 3. The van der Waals surface area contributed by atoms with Gasteiger partial charge in [-0.05, 0) is 30.3 Å². The number of carbonyl (C=O) groups excluding carboxylic acids is 1. The molecule has 0 aromatic heterocycles. The van der Waals surface area contributed by atoms with Gasteiger partial charge in [0.05, 0.1) is 4.92 Å². The molecular weight excluding hydrogens is 410 g/mol. The number of anilines is 1. The molecule has 0 bridgehead atoms. The van der Waals surface area contributed by atoms with Gasteiger partial charge in [-0.15, -0.1) is 0 Å². The van der Waals surface area contributed by atoms with Crippen LogP contribution in [0.25, 0.3) is 0 Å². The molecule has 0 radical (unpaired) electrons. The van der Waals surface area contributed by atoms with Crippen LogP contribution in [0.5, 0.6) is 0 Å². The number of hydrogen-bond acceptors (Lipinski definition) is 4. The van der Waals surface area contributed by atoms with Crippen molar-refractivity contribution in [1.29, 1.82) is 0 Å². The molecule has 0 unspecified atom stereocenters. The molecular formula is C17H15BrClN3O3. The number of hydrogen-bond donors (Lipinski definition) is 0. The first-order valence-corrected chi connectivity index (χ1v) is 8.86. The number of benzene rings is 2. The molecule has 0 spiro atoms. The van der Waals surface area contributed by atoms with E-state index in [1.807, 2.05) is 4.90 Å². The zero-order chi connectivity index (χ0) is 18.0. The molecule has 130 valence electrons. The second kappa shape index (κ2) is 7.41. The lowest BCUT2D eigenvalue weighted by molar-refractivity contribution is -0.384. The maximum Gasteiger partial charge on any atom is 0.293 e. The van der Waals surface area contributed by atoms with Gasteiger partial charge in [-0.25, -0.2) is 0 Å². The van der Waals surface area contributed by atoms with Crippen molar-refractivity contribution >= 4 is 44.8 Å². The predicted octanol–water partition coefficient (Wildman–Crippen LogP) is 3.97. The molecule has 1 aliphatic rings. The molecule has 1 amide bonds. The Labute approximate surface area is 158 Å². The van der Waals surface area contributed by atoms with E-state index in [4.69, 9.17) is 11.6 Å². The quantitative estimate of drug-likeness (QED) is 0.552. The van der Waals surface area contributed by atoms with Crippen LogP contribution in [0.15, 0.2) is 46.9 Å². The van der Waals surface area contributed by atoms with Gasteiger partial charge >= 0.3 is 0 Å². The lowest BCUT2D eigenvalue weighted by atomic mass is 10.1. The Hall–Kier alpha value is -2.12. The lowest BCUT2D eigenvalue weighted by Gasteiger charge is -2.35. The average Bonchev–Trinajstić information content (AvgIpc) is 2.61. The van der Waals surface area contributed by atoms with Crippen LogP contribution >= 0.6 is 27.5 Å². The van der Waals surface area contributed by atoms with Crippen LogP contribution in [-0.2, 0) is 0 Å². The van der Waals surface area contributed by atoms with Crippen molar-refractivity contribution in [2.45, 2.75) is 0 Å². The molecule has 1 saturated heterocycles. The first-order valence-electron chi connectivity index (χ1n) is 7.69. The number of piperazine rings is 1. The van der Waals surface area contributed by atoms with Crippen LogP contribution in [0.3, 0.4) is 0 Å². The van der Waals surface area contributed by atoms with E-state index in [1.54, 1.807) is 41.3 Å². The Kier molecular flexibility index (Phi) is 5.24. The molecule has 8 heteroatoms. The van der Waals surface area contributed by atoms with Crippen molar-refractivity contribution in [3.05, 3.63) is 67.6 Å². The molecule has 0 saturated carbocycles. The number of nitro benzene ring substituents is 1. The minimum Gasteiger partial charge on any atom is -0.362 e. The molecule has 0 aliphatic carbocycles. The van der Waals surface area contributed by atoms with Crippen LogP contribution in [0.1, 0.15) is 10.4 Å². The van der Waals surface area contributed by atoms with E-state index >= 15 is 0 Å². The highest BCUT2D eigenvalue weighted by molar-refractivity contribution is 9.10. The van der Waals surface area contributed by atoms with Gasteiger partial charge < -0.3 is 9.80 Å². The molecule has 0 N–H and O–H groups in total. The highest BCUT2D eigenvalue weighted by Gasteiger charge is 2.26. The Morgan fingerprint density at radius 1 is 1.12 bits per heavy atom. The van der Waals surface area contributed by atoms with E-state index in [0.29, 0.717) is 46.9 Å². The Balaban J connectivity index is 1.72. The van der Waals surface area contributed by atoms with Crippen molar-refractivity contribution in [3.63, 3.8) is 0 Å². The maximum absolute atomic E-state index is 12.5. The zero-order valence-corrected chi connectivity index (χ0v) is 15.5. The fourth-order valence-corrected chi connectivity index (χ4v) is 3.40. The zero-order valence-electron chi connectivity index (χ0n) is 13.2. The predicted molar refractivity (Wildman–Crippen MR) is 100 cm³/mol. The summed E-state index contributed by atoms with van der Waals surface area (Å²) in [5.41, 5.74) is 1.18. The maximum atomic E-state index is 12.5. The Morgan fingerprint density at radius 2 is 1.84 bits per heavy atom. The second-order valence-electron chi connectivity index (χ2n) is 5.68. The smallest absolute Gasteiger partial charge is 0.293 e. The van der Waals surface area contributed by atoms with Gasteiger partial charge in [-0.3, -0.25) is 14.9 Å². The number of halogens is 2. The van der Waals surface area contributed by atoms with Crippen molar-refractivity contribution in [2.75, 3.05) is 31.1 Å². The molecule has 1 heterocycles. The molecule has 2 aromatic carbocycles. The molecule has 3 rings (SSSR count). The molecule has 0 atom stereocenters. The number of amides is 1. The number of nitro groups is 1. The SMILES string of the molecule is O=C(c1cccc(Cl)c1)N1CCN(c2ccc(Br)cc2[N+](=O)[O-])CC1. The minimum atomic E-state index is -0.385. The van der Waals surface area contributed by atoms with Crippen LogP contribution in [-0.4, -0.2) is 41.9 Å². The number of carbonyl (C=O) groups is 1. The Bertz CT molecular complexity index is 823. The third-order valence-corrected chi connectivity index (χ3v) is 4.84. The third-order valence-electron chi connectivity index (χ3n) is 4.11. The van der Waals surface area contributed by atoms with E-state index in [2.05, 4.69) is 15.9 Å². The third kappa shape index (κ3) is 3.93. The van der Waals surface area contributed by atoms with Gasteiger partial charge in [0.1, 0.15) is 5.69 Å². The van der Waals surface area contributed by atoms with Crippen molar-refractivity contribution in [1.82, 2.24) is 4.90 Å². The summed E-state index contributed by atoms with van der Waals surface area (Å²) in [5.74, 6) is -0.0764. The van der Waals surface area contributed by atoms with Gasteiger partial charge in [0.15, 0.2) is 0 Å². The average molecular weight is 425 g/mol. The monoisotopic (exact) mass is 423 g/mol. The van der Waals surface area contributed by atoms with Gasteiger partial charge in [-0.1, -0.05) is 33.6 Å². The fraction of sp³-hybridized carbons (Fsp3) is 0.235. The van der Waals surface area contributed by atoms with Crippen molar-refractivity contribution in [2.24, 2.45) is 0 Å². The van der Waals surface area contributed by atoms with E-state index < -0.39 is 0 Å². The Morgan fingerprint density at radius 3 is 2.48 bits per heavy atom. The molecule has 1 fully saturated rings. The van der Waals surface area contributed by atoms with Crippen LogP contribution in [0.4, 0.5) is 11.4 Å². The minimum absolute atomic E-state index is 0.0593. The first kappa shape index (κ1) is 17.7. The van der Waals surface area contributed by atoms with Crippen molar-refractivity contribution in [3.8, 4) is 0 Å². The van der Waals surface area contributed by atoms with Gasteiger partial charge in [0.25, 0.3) is 11.6 Å². The van der Waals surface area contributed by atoms with Gasteiger partial charge in [-0.2, -0.15) is 0 Å². The first-order chi connectivity index (χ1) is 12.0. The van der Waals surface area contributed by atoms with Gasteiger partial charge in [0, 0.05) is 47.3 Å². The molecule has 6 nitrogen and oxygen atoms in total. The van der Waals surface area contributed by atoms with E-state index in [0.717, 1.165) is 0 Å². The summed E-state index contributed by atoms with van der Waals surface area (Å²) >= 11 is 9.21. The van der Waals surface area contributed by atoms with Crippen LogP contribution in [0, 0.1) is 10.1 Å². The standard InChI is InChI=1S/C17H15BrClN3O3/c18-13-4-5-15(16(11-13)22(24)25)20-6-8-21(9-7-20)17(23)12-2-1-3-14(19)10-12/h1-5,10-11H,6-9H2. The molecule has 25 heavy (non-hydrogen) atoms. The fourth-order valence-electron chi connectivity index (χ4n) is 2.86. The number of nitrogens with zero attached hydrogens (tertiary/aromatic N) is 3. The van der Waals surface area contributed by atoms with Crippen LogP contribution < -0.4 is 4.90 Å². The summed E-state index contributed by atoms with van der Waals surface area (Å²) in [5, 5.41) is 11.8. The molecule has 2 aromatic rings. The summed E-state index contributed by atoms with van der Waals surface area (Å²) in [6, 6.07) is 11.9. The highest BCUT2D eigenvalue weighted by Crippen LogP contribution is 2.32. The summed E-state index contributed by atoms with van der Waals surface area (Å²) in [7, 11) is 0.